The second kappa shape index (κ2) is 8.30. The highest BCUT2D eigenvalue weighted by atomic mass is 28.4. The molecule has 0 bridgehead atoms. The third-order valence-electron chi connectivity index (χ3n) is 7.70. The summed E-state index contributed by atoms with van der Waals surface area (Å²) >= 11 is 0. The number of hydrogen-bond acceptors (Lipinski definition) is 2. The Morgan fingerprint density at radius 3 is 2.66 bits per heavy atom. The van der Waals surface area contributed by atoms with Crippen LogP contribution in [0.3, 0.4) is 0 Å². The van der Waals surface area contributed by atoms with Crippen molar-refractivity contribution in [3.8, 4) is 0 Å². The first-order valence-corrected chi connectivity index (χ1v) is 15.2. The van der Waals surface area contributed by atoms with Crippen molar-refractivity contribution in [1.29, 1.82) is 0 Å². The molecule has 0 aromatic heterocycles. The van der Waals surface area contributed by atoms with E-state index in [9.17, 15) is 4.79 Å². The molecule has 2 fully saturated rings. The van der Waals surface area contributed by atoms with Gasteiger partial charge in [-0.1, -0.05) is 38.1 Å². The van der Waals surface area contributed by atoms with E-state index < -0.39 is 8.32 Å². The molecule has 1 aromatic rings. The second-order valence-corrected chi connectivity index (χ2v) is 15.9. The van der Waals surface area contributed by atoms with E-state index in [1.165, 1.54) is 30.4 Å². The molecule has 0 unspecified atom stereocenters. The van der Waals surface area contributed by atoms with Crippen LogP contribution in [0.4, 0.5) is 0 Å². The predicted octanol–water partition coefficient (Wildman–Crippen LogP) is 7.13. The summed E-state index contributed by atoms with van der Waals surface area (Å²) in [4.78, 5) is 12.4. The highest BCUT2D eigenvalue weighted by Gasteiger charge is 2.52. The van der Waals surface area contributed by atoms with Crippen LogP contribution in [-0.2, 0) is 21.2 Å². The zero-order valence-corrected chi connectivity index (χ0v) is 20.8. The van der Waals surface area contributed by atoms with Gasteiger partial charge in [-0.05, 0) is 100 Å². The SMILES string of the molecule is C[C@@H](CCc1cccc(C(C)(C)O[Si](C)(C)C)c1)[C@H]1CC[C@H]2C(=O)CCC[C@]12C. The molecular formula is C26H42O2Si. The summed E-state index contributed by atoms with van der Waals surface area (Å²) in [6, 6.07) is 9.03. The number of carbonyl (C=O) groups is 1. The van der Waals surface area contributed by atoms with Gasteiger partial charge < -0.3 is 4.43 Å². The van der Waals surface area contributed by atoms with Crippen molar-refractivity contribution in [3.05, 3.63) is 35.4 Å². The van der Waals surface area contributed by atoms with Gasteiger partial charge in [0, 0.05) is 12.3 Å². The molecule has 0 heterocycles. The molecule has 29 heavy (non-hydrogen) atoms. The molecule has 0 radical (unpaired) electrons. The van der Waals surface area contributed by atoms with Crippen LogP contribution in [0.2, 0.25) is 19.6 Å². The molecule has 0 amide bonds. The maximum absolute atomic E-state index is 12.4. The highest BCUT2D eigenvalue weighted by Crippen LogP contribution is 2.57. The fourth-order valence-corrected chi connectivity index (χ4v) is 8.07. The van der Waals surface area contributed by atoms with Crippen LogP contribution in [0, 0.1) is 23.2 Å². The number of Topliss-reactive ketones (excluding diaryl/α,β-unsaturated/α-hetero) is 1. The molecule has 2 nitrogen and oxygen atoms in total. The number of fused-ring (bicyclic) bond motifs is 1. The molecule has 0 spiro atoms. The van der Waals surface area contributed by atoms with Gasteiger partial charge in [-0.3, -0.25) is 4.79 Å². The Morgan fingerprint density at radius 1 is 1.24 bits per heavy atom. The average Bonchev–Trinajstić information content (AvgIpc) is 2.96. The first-order chi connectivity index (χ1) is 13.4. The number of carbonyl (C=O) groups excluding carboxylic acids is 1. The maximum atomic E-state index is 12.4. The second-order valence-electron chi connectivity index (χ2n) is 11.5. The molecule has 1 aromatic carbocycles. The van der Waals surface area contributed by atoms with Gasteiger partial charge in [-0.15, -0.1) is 0 Å². The van der Waals surface area contributed by atoms with E-state index in [-0.39, 0.29) is 11.0 Å². The normalized spacial score (nSPS) is 29.0. The topological polar surface area (TPSA) is 26.3 Å². The summed E-state index contributed by atoms with van der Waals surface area (Å²) in [6.45, 7) is 16.0. The van der Waals surface area contributed by atoms with E-state index in [2.05, 4.69) is 71.6 Å². The number of hydrogen-bond donors (Lipinski definition) is 0. The van der Waals surface area contributed by atoms with Crippen molar-refractivity contribution >= 4 is 14.1 Å². The zero-order valence-electron chi connectivity index (χ0n) is 19.8. The van der Waals surface area contributed by atoms with Gasteiger partial charge in [0.2, 0.25) is 0 Å². The van der Waals surface area contributed by atoms with Gasteiger partial charge in [0.1, 0.15) is 5.78 Å². The molecule has 2 saturated carbocycles. The third-order valence-corrected chi connectivity index (χ3v) is 8.82. The van der Waals surface area contributed by atoms with Crippen LogP contribution < -0.4 is 0 Å². The molecule has 162 valence electrons. The molecule has 2 aliphatic carbocycles. The lowest BCUT2D eigenvalue weighted by Crippen LogP contribution is -2.39. The maximum Gasteiger partial charge on any atom is 0.184 e. The van der Waals surface area contributed by atoms with E-state index in [1.807, 2.05) is 0 Å². The molecule has 0 saturated heterocycles. The summed E-state index contributed by atoms with van der Waals surface area (Å²) < 4.78 is 6.46. The van der Waals surface area contributed by atoms with Gasteiger partial charge in [-0.2, -0.15) is 0 Å². The van der Waals surface area contributed by atoms with Crippen LogP contribution in [0.1, 0.15) is 77.3 Å². The number of aryl methyl sites for hydroxylation is 1. The molecular weight excluding hydrogens is 372 g/mol. The largest absolute Gasteiger partial charge is 0.409 e. The van der Waals surface area contributed by atoms with Crippen LogP contribution in [0.5, 0.6) is 0 Å². The van der Waals surface area contributed by atoms with Gasteiger partial charge >= 0.3 is 0 Å². The van der Waals surface area contributed by atoms with Gasteiger partial charge in [0.05, 0.1) is 5.60 Å². The van der Waals surface area contributed by atoms with Crippen LogP contribution in [0.15, 0.2) is 24.3 Å². The smallest absolute Gasteiger partial charge is 0.184 e. The van der Waals surface area contributed by atoms with Crippen molar-refractivity contribution in [2.24, 2.45) is 23.2 Å². The Morgan fingerprint density at radius 2 is 1.97 bits per heavy atom. The standard InChI is InChI=1S/C26H42O2Si/c1-19(22-15-16-23-24(27)12-9-17-26(22,23)4)13-14-20-10-8-11-21(18-20)25(2,3)28-29(5,6)7/h8,10-11,18-19,22-23H,9,12-17H2,1-7H3/t19-,22+,23-,26+/m0/s1. The van der Waals surface area contributed by atoms with Crippen molar-refractivity contribution in [2.45, 2.75) is 97.9 Å². The summed E-state index contributed by atoms with van der Waals surface area (Å²) in [5.74, 6) is 2.26. The van der Waals surface area contributed by atoms with Gasteiger partial charge in [-0.25, -0.2) is 0 Å². The molecule has 0 N–H and O–H groups in total. The van der Waals surface area contributed by atoms with E-state index in [0.717, 1.165) is 25.7 Å². The quantitative estimate of drug-likeness (QED) is 0.444. The monoisotopic (exact) mass is 414 g/mol. The minimum Gasteiger partial charge on any atom is -0.409 e. The summed E-state index contributed by atoms with van der Waals surface area (Å²) in [5.41, 5.74) is 2.72. The Bertz CT molecular complexity index is 732. The minimum atomic E-state index is -1.61. The Kier molecular flexibility index (Phi) is 6.51. The van der Waals surface area contributed by atoms with Crippen molar-refractivity contribution in [3.63, 3.8) is 0 Å². The number of benzene rings is 1. The lowest BCUT2D eigenvalue weighted by molar-refractivity contribution is -0.130. The van der Waals surface area contributed by atoms with Crippen molar-refractivity contribution in [2.75, 3.05) is 0 Å². The number of ketones is 1. The zero-order chi connectivity index (χ0) is 21.4. The Hall–Kier alpha value is -0.933. The van der Waals surface area contributed by atoms with E-state index in [1.54, 1.807) is 0 Å². The Labute approximate surface area is 179 Å². The highest BCUT2D eigenvalue weighted by molar-refractivity contribution is 6.69. The van der Waals surface area contributed by atoms with Crippen molar-refractivity contribution < 1.29 is 9.22 Å². The van der Waals surface area contributed by atoms with Gasteiger partial charge in [0.25, 0.3) is 0 Å². The fraction of sp³-hybridized carbons (Fsp3) is 0.731. The lowest BCUT2D eigenvalue weighted by atomic mass is 9.62. The Balaban J connectivity index is 1.65. The van der Waals surface area contributed by atoms with E-state index >= 15 is 0 Å². The average molecular weight is 415 g/mol. The fourth-order valence-electron chi connectivity index (χ4n) is 6.43. The van der Waals surface area contributed by atoms with E-state index in [4.69, 9.17) is 4.43 Å². The van der Waals surface area contributed by atoms with Crippen LogP contribution in [-0.4, -0.2) is 14.1 Å². The molecule has 3 heteroatoms. The summed E-state index contributed by atoms with van der Waals surface area (Å²) in [5, 5.41) is 0. The minimum absolute atomic E-state index is 0.235. The van der Waals surface area contributed by atoms with Crippen molar-refractivity contribution in [1.82, 2.24) is 0 Å². The molecule has 2 aliphatic rings. The predicted molar refractivity (Wildman–Crippen MR) is 125 cm³/mol. The molecule has 4 atom stereocenters. The summed E-state index contributed by atoms with van der Waals surface area (Å²) in [6.07, 6.45) is 7.86. The van der Waals surface area contributed by atoms with Crippen LogP contribution >= 0.6 is 0 Å². The molecule has 3 rings (SSSR count). The summed E-state index contributed by atoms with van der Waals surface area (Å²) in [7, 11) is -1.61. The van der Waals surface area contributed by atoms with Gasteiger partial charge in [0.15, 0.2) is 8.32 Å². The third kappa shape index (κ3) is 5.04. The first kappa shape index (κ1) is 22.7. The number of rotatable bonds is 7. The van der Waals surface area contributed by atoms with Crippen LogP contribution in [0.25, 0.3) is 0 Å². The lowest BCUT2D eigenvalue weighted by Gasteiger charge is -2.42. The molecule has 0 aliphatic heterocycles. The first-order valence-electron chi connectivity index (χ1n) is 11.7. The van der Waals surface area contributed by atoms with E-state index in [0.29, 0.717) is 23.5 Å².